The van der Waals surface area contributed by atoms with E-state index in [-0.39, 0.29) is 12.1 Å². The zero-order chi connectivity index (χ0) is 6.69. The van der Waals surface area contributed by atoms with Crippen LogP contribution in [0, 0.1) is 0 Å². The summed E-state index contributed by atoms with van der Waals surface area (Å²) in [7, 11) is 0. The van der Waals surface area contributed by atoms with E-state index in [2.05, 4.69) is 0 Å². The number of hydrogen-bond donors (Lipinski definition) is 0. The molecule has 0 aliphatic rings. The molecule has 1 aromatic carbocycles. The fourth-order valence-electron chi connectivity index (χ4n) is 0.507. The summed E-state index contributed by atoms with van der Waals surface area (Å²) < 4.78 is 11.8. The fraction of sp³-hybridized carbons (Fsp3) is 0. The molecule has 0 heterocycles. The normalized spacial score (nSPS) is 9.56. The van der Waals surface area contributed by atoms with E-state index in [0.29, 0.717) is 9.92 Å². The largest absolute Gasteiger partial charge is 0.160 e. The van der Waals surface area contributed by atoms with Crippen molar-refractivity contribution in [3.8, 4) is 0 Å². The molecule has 0 saturated carbocycles. The van der Waals surface area contributed by atoms with Crippen molar-refractivity contribution in [2.24, 2.45) is 0 Å². The first-order chi connectivity index (χ1) is 4.34. The highest BCUT2D eigenvalue weighted by molar-refractivity contribution is 7.94. The van der Waals surface area contributed by atoms with Crippen molar-refractivity contribution in [1.29, 1.82) is 0 Å². The summed E-state index contributed by atoms with van der Waals surface area (Å²) in [6, 6.07) is 6.80. The van der Waals surface area contributed by atoms with Crippen molar-refractivity contribution in [3.05, 3.63) is 29.3 Å². The minimum Gasteiger partial charge on any atom is -0.160 e. The van der Waals surface area contributed by atoms with Gasteiger partial charge in [0.2, 0.25) is 0 Å². The van der Waals surface area contributed by atoms with Gasteiger partial charge in [0, 0.05) is 0 Å². The SMILES string of the molecule is FSc1ccccc1Cl. The lowest BCUT2D eigenvalue weighted by Gasteiger charge is -1.92. The maximum absolute atomic E-state index is 11.8. The van der Waals surface area contributed by atoms with Gasteiger partial charge in [0.05, 0.1) is 22.1 Å². The second-order valence-electron chi connectivity index (χ2n) is 1.51. The maximum atomic E-state index is 11.8. The first-order valence-electron chi connectivity index (χ1n) is 2.37. The zero-order valence-corrected chi connectivity index (χ0v) is 6.05. The Morgan fingerprint density at radius 3 is 2.44 bits per heavy atom. The van der Waals surface area contributed by atoms with Crippen LogP contribution in [0.4, 0.5) is 3.89 Å². The maximum Gasteiger partial charge on any atom is 0.0827 e. The summed E-state index contributed by atoms with van der Waals surface area (Å²) in [5, 5.41) is 0.463. The molecule has 0 bridgehead atoms. The van der Waals surface area contributed by atoms with Crippen molar-refractivity contribution in [2.75, 3.05) is 0 Å². The van der Waals surface area contributed by atoms with Crippen LogP contribution < -0.4 is 0 Å². The van der Waals surface area contributed by atoms with Gasteiger partial charge in [-0.05, 0) is 12.1 Å². The second kappa shape index (κ2) is 3.08. The van der Waals surface area contributed by atoms with Crippen LogP contribution in [-0.4, -0.2) is 0 Å². The number of hydrogen-bond acceptors (Lipinski definition) is 1. The van der Waals surface area contributed by atoms with Crippen molar-refractivity contribution >= 4 is 23.7 Å². The van der Waals surface area contributed by atoms with Crippen LogP contribution in [0.3, 0.4) is 0 Å². The molecule has 0 fully saturated rings. The lowest BCUT2D eigenvalue weighted by atomic mass is 10.4. The quantitative estimate of drug-likeness (QED) is 0.611. The van der Waals surface area contributed by atoms with E-state index in [4.69, 9.17) is 11.6 Å². The van der Waals surface area contributed by atoms with Crippen LogP contribution in [0.1, 0.15) is 0 Å². The van der Waals surface area contributed by atoms with Crippen LogP contribution in [0.5, 0.6) is 0 Å². The lowest BCUT2D eigenvalue weighted by Crippen LogP contribution is -1.66. The smallest absolute Gasteiger partial charge is 0.0827 e. The van der Waals surface area contributed by atoms with E-state index in [1.165, 1.54) is 0 Å². The molecule has 0 spiro atoms. The highest BCUT2D eigenvalue weighted by Gasteiger charge is 1.96. The Bertz CT molecular complexity index is 202. The average molecular weight is 163 g/mol. The van der Waals surface area contributed by atoms with Gasteiger partial charge in [0.1, 0.15) is 0 Å². The average Bonchev–Trinajstić information content (AvgIpc) is 1.89. The van der Waals surface area contributed by atoms with Crippen molar-refractivity contribution in [1.82, 2.24) is 0 Å². The molecule has 0 aromatic heterocycles. The third kappa shape index (κ3) is 1.60. The molecule has 0 atom stereocenters. The molecule has 0 unspecified atom stereocenters. The molecule has 1 rings (SSSR count). The Morgan fingerprint density at radius 2 is 2.00 bits per heavy atom. The van der Waals surface area contributed by atoms with E-state index >= 15 is 0 Å². The van der Waals surface area contributed by atoms with Gasteiger partial charge in [-0.25, -0.2) is 0 Å². The molecule has 3 heteroatoms. The highest BCUT2D eigenvalue weighted by Crippen LogP contribution is 2.26. The van der Waals surface area contributed by atoms with E-state index in [1.807, 2.05) is 0 Å². The van der Waals surface area contributed by atoms with Gasteiger partial charge in [-0.1, -0.05) is 23.7 Å². The molecule has 0 nitrogen and oxygen atoms in total. The van der Waals surface area contributed by atoms with Gasteiger partial charge in [-0.2, -0.15) is 3.89 Å². The lowest BCUT2D eigenvalue weighted by molar-refractivity contribution is 0.934. The Morgan fingerprint density at radius 1 is 1.33 bits per heavy atom. The molecule has 0 aliphatic heterocycles. The third-order valence-electron chi connectivity index (χ3n) is 0.920. The predicted molar refractivity (Wildman–Crippen MR) is 38.4 cm³/mol. The van der Waals surface area contributed by atoms with Gasteiger partial charge in [-0.3, -0.25) is 0 Å². The first kappa shape index (κ1) is 6.90. The Labute approximate surface area is 62.3 Å². The van der Waals surface area contributed by atoms with Crippen molar-refractivity contribution in [2.45, 2.75) is 4.90 Å². The monoisotopic (exact) mass is 162 g/mol. The Balaban J connectivity index is 3.01. The summed E-state index contributed by atoms with van der Waals surface area (Å²) in [5.74, 6) is 0. The summed E-state index contributed by atoms with van der Waals surface area (Å²) in [6.45, 7) is 0. The molecule has 0 radical (unpaired) electrons. The van der Waals surface area contributed by atoms with Gasteiger partial charge in [0.15, 0.2) is 0 Å². The van der Waals surface area contributed by atoms with Gasteiger partial charge >= 0.3 is 0 Å². The molecule has 0 saturated heterocycles. The molecule has 9 heavy (non-hydrogen) atoms. The Hall–Kier alpha value is -0.210. The molecule has 0 aliphatic carbocycles. The summed E-state index contributed by atoms with van der Waals surface area (Å²) in [4.78, 5) is 0.471. The summed E-state index contributed by atoms with van der Waals surface area (Å²) in [5.41, 5.74) is 0. The van der Waals surface area contributed by atoms with Gasteiger partial charge < -0.3 is 0 Å². The van der Waals surface area contributed by atoms with Gasteiger partial charge in [-0.15, -0.1) is 0 Å². The van der Waals surface area contributed by atoms with Crippen LogP contribution in [0.2, 0.25) is 5.02 Å². The third-order valence-corrected chi connectivity index (χ3v) is 1.88. The zero-order valence-electron chi connectivity index (χ0n) is 4.47. The molecule has 0 amide bonds. The molecule has 1 aromatic rings. The fourth-order valence-corrected chi connectivity index (χ4v) is 1.00. The molecular formula is C6H4ClFS. The van der Waals surface area contributed by atoms with Crippen LogP contribution in [-0.2, 0) is 0 Å². The van der Waals surface area contributed by atoms with Crippen LogP contribution in [0.25, 0.3) is 0 Å². The van der Waals surface area contributed by atoms with Crippen LogP contribution >= 0.6 is 23.7 Å². The standard InChI is InChI=1S/C6H4ClFS/c7-5-3-1-2-4-6(5)9-8/h1-4H. The summed E-state index contributed by atoms with van der Waals surface area (Å²) >= 11 is 5.73. The van der Waals surface area contributed by atoms with Crippen LogP contribution in [0.15, 0.2) is 29.2 Å². The molecule has 0 N–H and O–H groups in total. The minimum absolute atomic E-state index is 0.163. The molecular weight excluding hydrogens is 159 g/mol. The number of benzene rings is 1. The Kier molecular flexibility index (Phi) is 2.37. The topological polar surface area (TPSA) is 0 Å². The second-order valence-corrected chi connectivity index (χ2v) is 2.51. The number of halogens is 2. The summed E-state index contributed by atoms with van der Waals surface area (Å²) in [6.07, 6.45) is 0. The minimum atomic E-state index is 0.163. The first-order valence-corrected chi connectivity index (χ1v) is 3.47. The van der Waals surface area contributed by atoms with E-state index in [0.717, 1.165) is 0 Å². The van der Waals surface area contributed by atoms with Crippen molar-refractivity contribution < 1.29 is 3.89 Å². The van der Waals surface area contributed by atoms with Crippen molar-refractivity contribution in [3.63, 3.8) is 0 Å². The molecule has 48 valence electrons. The van der Waals surface area contributed by atoms with Gasteiger partial charge in [0.25, 0.3) is 0 Å². The van der Waals surface area contributed by atoms with E-state index < -0.39 is 0 Å². The van der Waals surface area contributed by atoms with E-state index in [9.17, 15) is 3.89 Å². The van der Waals surface area contributed by atoms with E-state index in [1.54, 1.807) is 24.3 Å². The number of rotatable bonds is 1. The highest BCUT2D eigenvalue weighted by atomic mass is 35.5. The predicted octanol–water partition coefficient (Wildman–Crippen LogP) is 3.32.